The SMILES string of the molecule is CC(C)C1(C(=O)O)CCN(C(=O)Cn2nc(-c3ccccc3)ccc2=O)C1. The largest absolute Gasteiger partial charge is 0.481 e. The molecule has 0 aliphatic carbocycles. The number of carbonyl (C=O) groups excluding carboxylic acids is 1. The van der Waals surface area contributed by atoms with Gasteiger partial charge in [-0.15, -0.1) is 0 Å². The Bertz CT molecular complexity index is 907. The minimum Gasteiger partial charge on any atom is -0.481 e. The van der Waals surface area contributed by atoms with Crippen LogP contribution in [0.2, 0.25) is 0 Å². The molecule has 1 fully saturated rings. The molecule has 1 amide bonds. The van der Waals surface area contributed by atoms with E-state index < -0.39 is 11.4 Å². The second kappa shape index (κ2) is 7.34. The van der Waals surface area contributed by atoms with Crippen LogP contribution in [0.25, 0.3) is 11.3 Å². The van der Waals surface area contributed by atoms with Gasteiger partial charge in [-0.25, -0.2) is 4.68 Å². The van der Waals surface area contributed by atoms with Gasteiger partial charge in [0.1, 0.15) is 6.54 Å². The van der Waals surface area contributed by atoms with Crippen LogP contribution in [0, 0.1) is 11.3 Å². The Morgan fingerprint density at radius 3 is 2.48 bits per heavy atom. The summed E-state index contributed by atoms with van der Waals surface area (Å²) in [6.07, 6.45) is 0.415. The molecule has 1 aliphatic rings. The number of nitrogens with zero attached hydrogens (tertiary/aromatic N) is 3. The molecule has 0 radical (unpaired) electrons. The van der Waals surface area contributed by atoms with Gasteiger partial charge in [-0.1, -0.05) is 44.2 Å². The van der Waals surface area contributed by atoms with E-state index in [1.165, 1.54) is 11.0 Å². The van der Waals surface area contributed by atoms with Gasteiger partial charge in [0, 0.05) is 24.7 Å². The smallest absolute Gasteiger partial charge is 0.311 e. The molecular weight excluding hydrogens is 346 g/mol. The minimum atomic E-state index is -0.931. The lowest BCUT2D eigenvalue weighted by atomic mass is 9.76. The van der Waals surface area contributed by atoms with Gasteiger partial charge in [0.15, 0.2) is 0 Å². The fourth-order valence-electron chi connectivity index (χ4n) is 3.49. The number of benzene rings is 1. The predicted octanol–water partition coefficient (Wildman–Crippen LogP) is 1.87. The third-order valence-corrected chi connectivity index (χ3v) is 5.41. The summed E-state index contributed by atoms with van der Waals surface area (Å²) >= 11 is 0. The summed E-state index contributed by atoms with van der Waals surface area (Å²) in [4.78, 5) is 38.1. The molecule has 7 heteroatoms. The molecule has 0 bridgehead atoms. The zero-order chi connectivity index (χ0) is 19.6. The Morgan fingerprint density at radius 1 is 1.19 bits per heavy atom. The van der Waals surface area contributed by atoms with Gasteiger partial charge in [-0.2, -0.15) is 5.10 Å². The highest BCUT2D eigenvalue weighted by atomic mass is 16.4. The van der Waals surface area contributed by atoms with E-state index in [0.29, 0.717) is 18.7 Å². The van der Waals surface area contributed by atoms with Crippen molar-refractivity contribution in [3.8, 4) is 11.3 Å². The standard InChI is InChI=1S/C20H23N3O4/c1-14(2)20(19(26)27)10-11-22(13-20)18(25)12-23-17(24)9-8-16(21-23)15-6-4-3-5-7-15/h3-9,14H,10-13H2,1-2H3,(H,26,27). The Labute approximate surface area is 157 Å². The molecule has 3 rings (SSSR count). The molecule has 1 unspecified atom stereocenters. The number of rotatable bonds is 5. The van der Waals surface area contributed by atoms with Crippen LogP contribution in [0.3, 0.4) is 0 Å². The lowest BCUT2D eigenvalue weighted by Crippen LogP contribution is -2.42. The Hall–Kier alpha value is -2.96. The first-order valence-electron chi connectivity index (χ1n) is 8.98. The predicted molar refractivity (Wildman–Crippen MR) is 100 cm³/mol. The van der Waals surface area contributed by atoms with Crippen molar-refractivity contribution < 1.29 is 14.7 Å². The van der Waals surface area contributed by atoms with Crippen LogP contribution in [0.15, 0.2) is 47.3 Å². The van der Waals surface area contributed by atoms with Gasteiger partial charge in [0.2, 0.25) is 5.91 Å². The molecule has 0 saturated carbocycles. The second-order valence-electron chi connectivity index (χ2n) is 7.26. The van der Waals surface area contributed by atoms with Crippen molar-refractivity contribution in [3.63, 3.8) is 0 Å². The fourth-order valence-corrected chi connectivity index (χ4v) is 3.49. The van der Waals surface area contributed by atoms with Crippen LogP contribution < -0.4 is 5.56 Å². The lowest BCUT2D eigenvalue weighted by Gasteiger charge is -2.28. The molecule has 27 heavy (non-hydrogen) atoms. The normalized spacial score (nSPS) is 19.4. The van der Waals surface area contributed by atoms with Crippen molar-refractivity contribution in [1.82, 2.24) is 14.7 Å². The summed E-state index contributed by atoms with van der Waals surface area (Å²) in [6.45, 7) is 4.05. The van der Waals surface area contributed by atoms with Crippen molar-refractivity contribution in [1.29, 1.82) is 0 Å². The molecule has 1 aromatic heterocycles. The van der Waals surface area contributed by atoms with Crippen LogP contribution >= 0.6 is 0 Å². The lowest BCUT2D eigenvalue weighted by molar-refractivity contribution is -0.151. The number of amides is 1. The number of aliphatic carboxylic acids is 1. The van der Waals surface area contributed by atoms with Crippen molar-refractivity contribution in [2.45, 2.75) is 26.8 Å². The van der Waals surface area contributed by atoms with Gasteiger partial charge in [0.05, 0.1) is 11.1 Å². The Kier molecular flexibility index (Phi) is 5.12. The van der Waals surface area contributed by atoms with Crippen molar-refractivity contribution >= 4 is 11.9 Å². The first-order valence-corrected chi connectivity index (χ1v) is 8.98. The monoisotopic (exact) mass is 369 g/mol. The zero-order valence-corrected chi connectivity index (χ0v) is 15.5. The summed E-state index contributed by atoms with van der Waals surface area (Å²) in [7, 11) is 0. The number of aromatic nitrogens is 2. The van der Waals surface area contributed by atoms with Gasteiger partial charge in [-0.3, -0.25) is 14.4 Å². The topological polar surface area (TPSA) is 92.5 Å². The Balaban J connectivity index is 1.79. The molecule has 1 aliphatic heterocycles. The second-order valence-corrected chi connectivity index (χ2v) is 7.26. The van der Waals surface area contributed by atoms with E-state index in [1.807, 2.05) is 44.2 Å². The molecule has 142 valence electrons. The maximum atomic E-state index is 12.7. The summed E-state index contributed by atoms with van der Waals surface area (Å²) < 4.78 is 1.14. The number of carboxylic acid groups (broad SMARTS) is 1. The minimum absolute atomic E-state index is 0.0879. The van der Waals surface area contributed by atoms with Crippen LogP contribution in [-0.2, 0) is 16.1 Å². The van der Waals surface area contributed by atoms with E-state index in [0.717, 1.165) is 10.2 Å². The van der Waals surface area contributed by atoms with E-state index in [9.17, 15) is 19.5 Å². The van der Waals surface area contributed by atoms with E-state index in [1.54, 1.807) is 6.07 Å². The summed E-state index contributed by atoms with van der Waals surface area (Å²) in [6, 6.07) is 12.4. The zero-order valence-electron chi connectivity index (χ0n) is 15.5. The molecule has 0 spiro atoms. The highest BCUT2D eigenvalue weighted by molar-refractivity contribution is 5.80. The quantitative estimate of drug-likeness (QED) is 0.869. The number of carbonyl (C=O) groups is 2. The first-order chi connectivity index (χ1) is 12.8. The number of carboxylic acids is 1. The Morgan fingerprint density at radius 2 is 1.89 bits per heavy atom. The molecule has 1 saturated heterocycles. The third kappa shape index (κ3) is 3.63. The van der Waals surface area contributed by atoms with Gasteiger partial charge in [0.25, 0.3) is 5.56 Å². The summed E-state index contributed by atoms with van der Waals surface area (Å²) in [5, 5.41) is 13.9. The van der Waals surface area contributed by atoms with E-state index in [2.05, 4.69) is 5.10 Å². The molecule has 1 N–H and O–H groups in total. The first kappa shape index (κ1) is 18.8. The fraction of sp³-hybridized carbons (Fsp3) is 0.400. The van der Waals surface area contributed by atoms with Crippen molar-refractivity contribution in [2.24, 2.45) is 11.3 Å². The van der Waals surface area contributed by atoms with Crippen LogP contribution in [-0.4, -0.2) is 44.8 Å². The highest BCUT2D eigenvalue weighted by Crippen LogP contribution is 2.38. The summed E-state index contributed by atoms with van der Waals surface area (Å²) in [5.74, 6) is -1.26. The molecule has 1 atom stereocenters. The van der Waals surface area contributed by atoms with Crippen LogP contribution in [0.5, 0.6) is 0 Å². The molecule has 2 heterocycles. The molecular formula is C20H23N3O4. The van der Waals surface area contributed by atoms with Gasteiger partial charge >= 0.3 is 5.97 Å². The molecule has 2 aromatic rings. The van der Waals surface area contributed by atoms with Gasteiger partial charge in [-0.05, 0) is 18.4 Å². The maximum absolute atomic E-state index is 12.7. The van der Waals surface area contributed by atoms with E-state index in [-0.39, 0.29) is 30.5 Å². The van der Waals surface area contributed by atoms with Crippen molar-refractivity contribution in [2.75, 3.05) is 13.1 Å². The van der Waals surface area contributed by atoms with E-state index >= 15 is 0 Å². The average molecular weight is 369 g/mol. The number of hydrogen-bond donors (Lipinski definition) is 1. The molecule has 1 aromatic carbocycles. The van der Waals surface area contributed by atoms with Crippen LogP contribution in [0.1, 0.15) is 20.3 Å². The average Bonchev–Trinajstić information content (AvgIpc) is 3.11. The maximum Gasteiger partial charge on any atom is 0.311 e. The molecule has 7 nitrogen and oxygen atoms in total. The summed E-state index contributed by atoms with van der Waals surface area (Å²) in [5.41, 5.74) is 0.159. The highest BCUT2D eigenvalue weighted by Gasteiger charge is 2.48. The van der Waals surface area contributed by atoms with Crippen LogP contribution in [0.4, 0.5) is 0 Å². The number of likely N-dealkylation sites (tertiary alicyclic amines) is 1. The van der Waals surface area contributed by atoms with Crippen molar-refractivity contribution in [3.05, 3.63) is 52.8 Å². The van der Waals surface area contributed by atoms with Gasteiger partial charge < -0.3 is 10.0 Å². The van der Waals surface area contributed by atoms with E-state index in [4.69, 9.17) is 0 Å². The third-order valence-electron chi connectivity index (χ3n) is 5.41. The number of hydrogen-bond acceptors (Lipinski definition) is 4.